The molecule has 2 fully saturated rings. The molecule has 9 heteroatoms. The van der Waals surface area contributed by atoms with Crippen molar-refractivity contribution in [3.63, 3.8) is 0 Å². The summed E-state index contributed by atoms with van der Waals surface area (Å²) in [5.41, 5.74) is 0.659. The number of nitrogens with zero attached hydrogens (tertiary/aromatic N) is 3. The molecule has 0 radical (unpaired) electrons. The highest BCUT2D eigenvalue weighted by Crippen LogP contribution is 2.35. The van der Waals surface area contributed by atoms with Gasteiger partial charge in [-0.3, -0.25) is 19.7 Å². The van der Waals surface area contributed by atoms with Gasteiger partial charge in [0.15, 0.2) is 0 Å². The van der Waals surface area contributed by atoms with Crippen molar-refractivity contribution in [1.29, 1.82) is 0 Å². The van der Waals surface area contributed by atoms with Crippen LogP contribution in [0.25, 0.3) is 0 Å². The van der Waals surface area contributed by atoms with Crippen molar-refractivity contribution >= 4 is 29.5 Å². The number of thioether (sulfide) groups is 1. The number of rotatable bonds is 7. The molecule has 1 saturated carbocycles. The Morgan fingerprint density at radius 2 is 1.64 bits per heavy atom. The third kappa shape index (κ3) is 6.75. The fourth-order valence-electron chi connectivity index (χ4n) is 5.17. The number of amides is 3. The summed E-state index contributed by atoms with van der Waals surface area (Å²) in [6, 6.07) is 9.23. The van der Waals surface area contributed by atoms with Gasteiger partial charge in [-0.15, -0.1) is 10.2 Å². The SMILES string of the molecule is CC(C)Sc1nnc(C(C(=O)NC(=O)C2CCCCCC2)C2CCN(C(=O)c3ccccc3)CC2)o1. The predicted octanol–water partition coefficient (Wildman–Crippen LogP) is 4.82. The molecule has 36 heavy (non-hydrogen) atoms. The lowest BCUT2D eigenvalue weighted by molar-refractivity contribution is -0.134. The van der Waals surface area contributed by atoms with E-state index in [0.29, 0.717) is 36.7 Å². The number of carbonyl (C=O) groups is 3. The zero-order valence-electron chi connectivity index (χ0n) is 21.2. The summed E-state index contributed by atoms with van der Waals surface area (Å²) in [5, 5.41) is 11.7. The standard InChI is InChI=1S/C27H36N4O4S/c1-18(2)36-27-30-29-25(35-27)22(24(33)28-23(32)20-10-6-3-4-7-11-20)19-14-16-31(17-15-19)26(34)21-12-8-5-9-13-21/h5,8-9,12-13,18-20,22H,3-4,6-7,10-11,14-17H2,1-2H3,(H,28,32,33). The third-order valence-electron chi connectivity index (χ3n) is 7.10. The number of carbonyl (C=O) groups excluding carboxylic acids is 3. The first-order valence-electron chi connectivity index (χ1n) is 13.1. The zero-order valence-corrected chi connectivity index (χ0v) is 22.0. The van der Waals surface area contributed by atoms with Gasteiger partial charge in [0.1, 0.15) is 5.92 Å². The minimum Gasteiger partial charge on any atom is -0.415 e. The molecule has 0 spiro atoms. The molecule has 8 nitrogen and oxygen atoms in total. The highest BCUT2D eigenvalue weighted by atomic mass is 32.2. The van der Waals surface area contributed by atoms with Crippen LogP contribution in [0, 0.1) is 11.8 Å². The number of hydrogen-bond acceptors (Lipinski definition) is 7. The summed E-state index contributed by atoms with van der Waals surface area (Å²) in [6.07, 6.45) is 7.18. The Hall–Kier alpha value is -2.68. The quantitative estimate of drug-likeness (QED) is 0.419. The second-order valence-electron chi connectivity index (χ2n) is 10.1. The van der Waals surface area contributed by atoms with E-state index in [1.54, 1.807) is 0 Å². The maximum atomic E-state index is 13.5. The lowest BCUT2D eigenvalue weighted by atomic mass is 9.83. The van der Waals surface area contributed by atoms with Gasteiger partial charge in [-0.25, -0.2) is 0 Å². The molecular formula is C27H36N4O4S. The van der Waals surface area contributed by atoms with Crippen LogP contribution in [0.2, 0.25) is 0 Å². The normalized spacial score (nSPS) is 18.6. The number of hydrogen-bond donors (Lipinski definition) is 1. The number of imide groups is 1. The van der Waals surface area contributed by atoms with Crippen LogP contribution in [0.3, 0.4) is 0 Å². The van der Waals surface area contributed by atoms with Crippen LogP contribution in [0.4, 0.5) is 0 Å². The molecule has 1 saturated heterocycles. The minimum atomic E-state index is -0.720. The molecule has 2 heterocycles. The smallest absolute Gasteiger partial charge is 0.276 e. The van der Waals surface area contributed by atoms with Crippen molar-refractivity contribution in [3.8, 4) is 0 Å². The van der Waals surface area contributed by atoms with Crippen LogP contribution in [0.15, 0.2) is 40.0 Å². The van der Waals surface area contributed by atoms with Crippen molar-refractivity contribution in [2.75, 3.05) is 13.1 Å². The monoisotopic (exact) mass is 512 g/mol. The van der Waals surface area contributed by atoms with Gasteiger partial charge in [0, 0.05) is 29.8 Å². The average Bonchev–Trinajstić information content (AvgIpc) is 3.14. The summed E-state index contributed by atoms with van der Waals surface area (Å²) in [6.45, 7) is 5.12. The molecule has 1 N–H and O–H groups in total. The maximum Gasteiger partial charge on any atom is 0.276 e. The summed E-state index contributed by atoms with van der Waals surface area (Å²) in [7, 11) is 0. The van der Waals surface area contributed by atoms with E-state index in [1.165, 1.54) is 11.8 Å². The Morgan fingerprint density at radius 3 is 2.28 bits per heavy atom. The molecule has 1 aliphatic carbocycles. The molecular weight excluding hydrogens is 476 g/mol. The van der Waals surface area contributed by atoms with Crippen LogP contribution in [0.1, 0.15) is 87.4 Å². The number of likely N-dealkylation sites (tertiary alicyclic amines) is 1. The highest BCUT2D eigenvalue weighted by molar-refractivity contribution is 7.99. The van der Waals surface area contributed by atoms with Crippen molar-refractivity contribution in [2.24, 2.45) is 11.8 Å². The van der Waals surface area contributed by atoms with Gasteiger partial charge in [0.25, 0.3) is 11.1 Å². The lowest BCUT2D eigenvalue weighted by Gasteiger charge is -2.34. The minimum absolute atomic E-state index is 0.00740. The number of benzene rings is 1. The molecule has 2 aromatic rings. The molecule has 1 aromatic carbocycles. The third-order valence-corrected chi connectivity index (χ3v) is 7.94. The van der Waals surface area contributed by atoms with Gasteiger partial charge < -0.3 is 9.32 Å². The maximum absolute atomic E-state index is 13.5. The number of piperidine rings is 1. The van der Waals surface area contributed by atoms with E-state index in [9.17, 15) is 14.4 Å². The molecule has 4 rings (SSSR count). The fourth-order valence-corrected chi connectivity index (χ4v) is 5.79. The van der Waals surface area contributed by atoms with Gasteiger partial charge >= 0.3 is 0 Å². The van der Waals surface area contributed by atoms with Crippen LogP contribution >= 0.6 is 11.8 Å². The van der Waals surface area contributed by atoms with Gasteiger partial charge in [0.2, 0.25) is 17.7 Å². The average molecular weight is 513 g/mol. The van der Waals surface area contributed by atoms with E-state index in [-0.39, 0.29) is 40.7 Å². The topological polar surface area (TPSA) is 105 Å². The number of aromatic nitrogens is 2. The first kappa shape index (κ1) is 26.4. The molecule has 1 aromatic heterocycles. The van der Waals surface area contributed by atoms with E-state index >= 15 is 0 Å². The van der Waals surface area contributed by atoms with Crippen molar-refractivity contribution in [1.82, 2.24) is 20.4 Å². The van der Waals surface area contributed by atoms with E-state index in [4.69, 9.17) is 4.42 Å². The van der Waals surface area contributed by atoms with Gasteiger partial charge in [0.05, 0.1) is 0 Å². The Kier molecular flexibility index (Phi) is 9.18. The Morgan fingerprint density at radius 1 is 0.972 bits per heavy atom. The van der Waals surface area contributed by atoms with Crippen molar-refractivity contribution in [2.45, 2.75) is 81.6 Å². The molecule has 0 bridgehead atoms. The van der Waals surface area contributed by atoms with E-state index in [2.05, 4.69) is 15.5 Å². The fraction of sp³-hybridized carbons (Fsp3) is 0.593. The first-order valence-corrected chi connectivity index (χ1v) is 14.0. The summed E-state index contributed by atoms with van der Waals surface area (Å²) in [5.74, 6) is -1.28. The number of nitrogens with one attached hydrogen (secondary N) is 1. The molecule has 194 valence electrons. The molecule has 2 aliphatic rings. The largest absolute Gasteiger partial charge is 0.415 e. The van der Waals surface area contributed by atoms with Crippen molar-refractivity contribution < 1.29 is 18.8 Å². The molecule has 1 aliphatic heterocycles. The van der Waals surface area contributed by atoms with Gasteiger partial charge in [-0.1, -0.05) is 69.5 Å². The second kappa shape index (κ2) is 12.5. The summed E-state index contributed by atoms with van der Waals surface area (Å²) >= 11 is 1.44. The van der Waals surface area contributed by atoms with Crippen LogP contribution in [-0.2, 0) is 9.59 Å². The Balaban J connectivity index is 1.47. The molecule has 1 atom stereocenters. The second-order valence-corrected chi connectivity index (χ2v) is 11.6. The van der Waals surface area contributed by atoms with Crippen LogP contribution in [-0.4, -0.2) is 51.2 Å². The van der Waals surface area contributed by atoms with Gasteiger partial charge in [-0.2, -0.15) is 0 Å². The van der Waals surface area contributed by atoms with E-state index in [0.717, 1.165) is 38.5 Å². The summed E-state index contributed by atoms with van der Waals surface area (Å²) < 4.78 is 5.91. The van der Waals surface area contributed by atoms with Crippen molar-refractivity contribution in [3.05, 3.63) is 41.8 Å². The predicted molar refractivity (Wildman–Crippen MR) is 137 cm³/mol. The molecule has 1 unspecified atom stereocenters. The summed E-state index contributed by atoms with van der Waals surface area (Å²) in [4.78, 5) is 41.2. The highest BCUT2D eigenvalue weighted by Gasteiger charge is 2.39. The molecule has 3 amide bonds. The first-order chi connectivity index (χ1) is 17.4. The Labute approximate surface area is 217 Å². The van der Waals surface area contributed by atoms with Gasteiger partial charge in [-0.05, 0) is 43.7 Å². The van der Waals surface area contributed by atoms with E-state index in [1.807, 2.05) is 49.1 Å². The Bertz CT molecular complexity index is 1030. The van der Waals surface area contributed by atoms with Crippen LogP contribution < -0.4 is 5.32 Å². The van der Waals surface area contributed by atoms with E-state index < -0.39 is 5.92 Å². The lowest BCUT2D eigenvalue weighted by Crippen LogP contribution is -2.44. The van der Waals surface area contributed by atoms with Crippen LogP contribution in [0.5, 0.6) is 0 Å². The zero-order chi connectivity index (χ0) is 25.5.